The highest BCUT2D eigenvalue weighted by molar-refractivity contribution is 5.87. The van der Waals surface area contributed by atoms with Crippen molar-refractivity contribution in [3.63, 3.8) is 0 Å². The van der Waals surface area contributed by atoms with Gasteiger partial charge in [-0.05, 0) is 0 Å². The molecular formula is C5F7N. The highest BCUT2D eigenvalue weighted by atomic mass is 19.3. The lowest BCUT2D eigenvalue weighted by atomic mass is 10.2. The smallest absolute Gasteiger partial charge is 0.201 e. The zero-order valence-electron chi connectivity index (χ0n) is 5.59. The average molecular weight is 207 g/mol. The van der Waals surface area contributed by atoms with Crippen molar-refractivity contribution in [3.8, 4) is 0 Å². The van der Waals surface area contributed by atoms with Crippen LogP contribution in [0.15, 0.2) is 16.6 Å². The van der Waals surface area contributed by atoms with E-state index in [2.05, 4.69) is 0 Å². The molecule has 8 heteroatoms. The van der Waals surface area contributed by atoms with Crippen LogP contribution in [0.2, 0.25) is 0 Å². The van der Waals surface area contributed by atoms with Crippen molar-refractivity contribution in [2.24, 2.45) is 4.99 Å². The first-order valence-electron chi connectivity index (χ1n) is 2.77. The Balaban J connectivity index is 3.30. The Morgan fingerprint density at radius 3 is 1.77 bits per heavy atom. The lowest BCUT2D eigenvalue weighted by Crippen LogP contribution is -2.36. The van der Waals surface area contributed by atoms with Crippen LogP contribution in [0.1, 0.15) is 0 Å². The lowest BCUT2D eigenvalue weighted by molar-refractivity contribution is -0.0107. The van der Waals surface area contributed by atoms with Gasteiger partial charge in [-0.2, -0.15) is 31.3 Å². The van der Waals surface area contributed by atoms with Crippen LogP contribution in [0, 0.1) is 0 Å². The van der Waals surface area contributed by atoms with Crippen molar-refractivity contribution in [1.29, 1.82) is 0 Å². The summed E-state index contributed by atoms with van der Waals surface area (Å²) in [5.74, 6) is -14.2. The van der Waals surface area contributed by atoms with Gasteiger partial charge in [-0.1, -0.05) is 0 Å². The Morgan fingerprint density at radius 1 is 0.846 bits per heavy atom. The molecule has 0 fully saturated rings. The summed E-state index contributed by atoms with van der Waals surface area (Å²) in [6, 6.07) is -4.89. The van der Waals surface area contributed by atoms with E-state index in [1.807, 2.05) is 0 Å². The van der Waals surface area contributed by atoms with E-state index in [1.165, 1.54) is 4.99 Å². The maximum Gasteiger partial charge on any atom is 0.400 e. The summed E-state index contributed by atoms with van der Waals surface area (Å²) in [7, 11) is 0. The molecule has 13 heavy (non-hydrogen) atoms. The molecule has 1 rings (SSSR count). The second-order valence-corrected chi connectivity index (χ2v) is 2.15. The summed E-state index contributed by atoms with van der Waals surface area (Å²) < 4.78 is 84.2. The zero-order chi connectivity index (χ0) is 10.4. The number of alkyl halides is 4. The molecule has 1 heterocycles. The summed E-state index contributed by atoms with van der Waals surface area (Å²) in [5, 5.41) is 0. The number of dihydropyridines is 1. The van der Waals surface area contributed by atoms with Gasteiger partial charge in [0.05, 0.1) is 0 Å². The Hall–Kier alpha value is -1.08. The van der Waals surface area contributed by atoms with E-state index in [-0.39, 0.29) is 0 Å². The summed E-state index contributed by atoms with van der Waals surface area (Å²) in [4.78, 5) is 1.39. The molecule has 0 spiro atoms. The molecule has 1 nitrogen and oxygen atoms in total. The predicted octanol–water partition coefficient (Wildman–Crippen LogP) is 2.75. The van der Waals surface area contributed by atoms with E-state index < -0.39 is 29.6 Å². The normalized spacial score (nSPS) is 25.9. The van der Waals surface area contributed by atoms with Crippen LogP contribution in [-0.4, -0.2) is 17.9 Å². The first-order valence-corrected chi connectivity index (χ1v) is 2.77. The maximum absolute atomic E-state index is 12.1. The van der Waals surface area contributed by atoms with Crippen molar-refractivity contribution >= 4 is 5.97 Å². The van der Waals surface area contributed by atoms with E-state index in [4.69, 9.17) is 0 Å². The van der Waals surface area contributed by atoms with Crippen molar-refractivity contribution in [1.82, 2.24) is 0 Å². The molecule has 0 aromatic rings. The quantitative estimate of drug-likeness (QED) is 0.427. The van der Waals surface area contributed by atoms with Crippen LogP contribution in [0.25, 0.3) is 0 Å². The van der Waals surface area contributed by atoms with E-state index >= 15 is 0 Å². The topological polar surface area (TPSA) is 12.4 Å². The molecule has 0 atom stereocenters. The molecule has 0 aromatic carbocycles. The van der Waals surface area contributed by atoms with Gasteiger partial charge in [0.15, 0.2) is 0 Å². The van der Waals surface area contributed by atoms with Crippen molar-refractivity contribution in [3.05, 3.63) is 11.7 Å². The Bertz CT molecular complexity index is 302. The molecule has 0 amide bonds. The molecule has 1 aliphatic heterocycles. The molecule has 0 bridgehead atoms. The van der Waals surface area contributed by atoms with E-state index in [9.17, 15) is 30.7 Å². The van der Waals surface area contributed by atoms with Gasteiger partial charge in [-0.25, -0.2) is 4.39 Å². The van der Waals surface area contributed by atoms with E-state index in [0.29, 0.717) is 0 Å². The second kappa shape index (κ2) is 2.46. The number of aliphatic imine (C=N–C) groups is 1. The van der Waals surface area contributed by atoms with Crippen LogP contribution in [-0.2, 0) is 0 Å². The molecule has 0 N–H and O–H groups in total. The first-order chi connectivity index (χ1) is 5.69. The number of halogens is 7. The number of hydrogen-bond donors (Lipinski definition) is 0. The van der Waals surface area contributed by atoms with Crippen LogP contribution >= 0.6 is 0 Å². The largest absolute Gasteiger partial charge is 0.400 e. The van der Waals surface area contributed by atoms with Crippen LogP contribution in [0.5, 0.6) is 0 Å². The Morgan fingerprint density at radius 2 is 1.31 bits per heavy atom. The van der Waals surface area contributed by atoms with Crippen LogP contribution < -0.4 is 0 Å². The first kappa shape index (κ1) is 10.0. The maximum atomic E-state index is 12.1. The van der Waals surface area contributed by atoms with Crippen LogP contribution in [0.3, 0.4) is 0 Å². The molecule has 0 saturated heterocycles. The summed E-state index contributed by atoms with van der Waals surface area (Å²) in [5.41, 5.74) is 0. The predicted molar refractivity (Wildman–Crippen MR) is 27.7 cm³/mol. The fourth-order valence-electron chi connectivity index (χ4n) is 0.603. The minimum absolute atomic E-state index is 1.39. The lowest BCUT2D eigenvalue weighted by Gasteiger charge is -2.20. The van der Waals surface area contributed by atoms with Crippen molar-refractivity contribution in [2.75, 3.05) is 0 Å². The van der Waals surface area contributed by atoms with Crippen molar-refractivity contribution in [2.45, 2.75) is 12.0 Å². The van der Waals surface area contributed by atoms with E-state index in [0.717, 1.165) is 0 Å². The van der Waals surface area contributed by atoms with Crippen molar-refractivity contribution < 1.29 is 30.7 Å². The fraction of sp³-hybridized carbons (Fsp3) is 0.400. The van der Waals surface area contributed by atoms with Gasteiger partial charge in [0.2, 0.25) is 11.7 Å². The SMILES string of the molecule is FC1=NC(F)(F)C(F)=C(F)C1(F)F. The molecule has 0 unspecified atom stereocenters. The third-order valence-corrected chi connectivity index (χ3v) is 1.23. The minimum atomic E-state index is -5.04. The number of allylic oxidation sites excluding steroid dienone is 1. The van der Waals surface area contributed by atoms with Gasteiger partial charge < -0.3 is 0 Å². The average Bonchev–Trinajstić information content (AvgIpc) is 1.98. The van der Waals surface area contributed by atoms with Gasteiger partial charge in [0, 0.05) is 0 Å². The van der Waals surface area contributed by atoms with E-state index in [1.54, 1.807) is 0 Å². The highest BCUT2D eigenvalue weighted by Crippen LogP contribution is 2.42. The number of rotatable bonds is 0. The molecule has 0 aliphatic carbocycles. The van der Waals surface area contributed by atoms with Gasteiger partial charge >= 0.3 is 12.0 Å². The molecule has 1 aliphatic rings. The molecule has 74 valence electrons. The van der Waals surface area contributed by atoms with Gasteiger partial charge in [-0.15, -0.1) is 0 Å². The Kier molecular flexibility index (Phi) is 1.89. The number of hydrogen-bond acceptors (Lipinski definition) is 1. The second-order valence-electron chi connectivity index (χ2n) is 2.15. The molecule has 0 aromatic heterocycles. The minimum Gasteiger partial charge on any atom is -0.201 e. The third-order valence-electron chi connectivity index (χ3n) is 1.23. The van der Waals surface area contributed by atoms with Crippen LogP contribution in [0.4, 0.5) is 30.7 Å². The van der Waals surface area contributed by atoms with Gasteiger partial charge in [-0.3, -0.25) is 0 Å². The molecular weight excluding hydrogens is 207 g/mol. The molecule has 0 radical (unpaired) electrons. The Labute approximate surface area is 66.6 Å². The number of nitrogens with zero attached hydrogens (tertiary/aromatic N) is 1. The molecule has 0 saturated carbocycles. The summed E-state index contributed by atoms with van der Waals surface area (Å²) >= 11 is 0. The highest BCUT2D eigenvalue weighted by Gasteiger charge is 2.56. The third kappa shape index (κ3) is 1.29. The van der Waals surface area contributed by atoms with Gasteiger partial charge in [0.1, 0.15) is 0 Å². The standard InChI is InChI=1S/C5F7N/c6-1-2(7)5(11,12)13-3(8)4(1,9)10. The van der Waals surface area contributed by atoms with Gasteiger partial charge in [0.25, 0.3) is 5.97 Å². The fourth-order valence-corrected chi connectivity index (χ4v) is 0.603. The summed E-state index contributed by atoms with van der Waals surface area (Å²) in [6.07, 6.45) is 0. The monoisotopic (exact) mass is 207 g/mol. The zero-order valence-corrected chi connectivity index (χ0v) is 5.59. The summed E-state index contributed by atoms with van der Waals surface area (Å²) in [6.45, 7) is 0.